The first-order valence-electron chi connectivity index (χ1n) is 5.40. The van der Waals surface area contributed by atoms with Crippen molar-refractivity contribution < 1.29 is 9.90 Å². The van der Waals surface area contributed by atoms with E-state index in [0.29, 0.717) is 5.57 Å². The number of allylic oxidation sites excluding steroid dienone is 1. The van der Waals surface area contributed by atoms with Crippen LogP contribution in [-0.4, -0.2) is 14.0 Å². The Morgan fingerprint density at radius 1 is 1.24 bits per heavy atom. The van der Waals surface area contributed by atoms with Gasteiger partial charge in [-0.05, 0) is 11.6 Å². The fourth-order valence-electron chi connectivity index (χ4n) is 1.18. The van der Waals surface area contributed by atoms with Crippen LogP contribution in [0.15, 0.2) is 36.4 Å². The van der Waals surface area contributed by atoms with Gasteiger partial charge < -0.3 is 9.90 Å². The van der Waals surface area contributed by atoms with Crippen LogP contribution in [-0.2, 0) is 4.79 Å². The monoisotopic (exact) mass is 243 g/mol. The van der Waals surface area contributed by atoms with Crippen molar-refractivity contribution in [3.05, 3.63) is 42.0 Å². The number of hydrogen-bond donors (Lipinski definition) is 0. The first kappa shape index (κ1) is 13.3. The molecule has 0 N–H and O–H groups in total. The summed E-state index contributed by atoms with van der Waals surface area (Å²) in [4.78, 5) is 10.7. The van der Waals surface area contributed by atoms with Gasteiger partial charge in [0.25, 0.3) is 0 Å². The van der Waals surface area contributed by atoms with Gasteiger partial charge in [-0.15, -0.1) is 5.54 Å². The third-order valence-electron chi connectivity index (χ3n) is 1.92. The molecule has 1 aromatic carbocycles. The molecule has 0 saturated heterocycles. The first-order valence-corrected chi connectivity index (χ1v) is 8.90. The van der Waals surface area contributed by atoms with Gasteiger partial charge in [0.2, 0.25) is 0 Å². The molecule has 0 amide bonds. The molecule has 1 aromatic rings. The zero-order valence-corrected chi connectivity index (χ0v) is 11.3. The highest BCUT2D eigenvalue weighted by Crippen LogP contribution is 2.13. The Balaban J connectivity index is 3.15. The molecule has 17 heavy (non-hydrogen) atoms. The number of carbonyl (C=O) groups is 1. The lowest BCUT2D eigenvalue weighted by Gasteiger charge is -2.05. The second-order valence-electron chi connectivity index (χ2n) is 4.74. The molecular weight excluding hydrogens is 228 g/mol. The quantitative estimate of drug-likeness (QED) is 0.450. The number of rotatable bonds is 2. The van der Waals surface area contributed by atoms with E-state index in [2.05, 4.69) is 31.1 Å². The van der Waals surface area contributed by atoms with Crippen LogP contribution in [0.5, 0.6) is 0 Å². The Kier molecular flexibility index (Phi) is 4.30. The second kappa shape index (κ2) is 5.51. The molecule has 0 radical (unpaired) electrons. The molecule has 0 saturated carbocycles. The van der Waals surface area contributed by atoms with E-state index >= 15 is 0 Å². The van der Waals surface area contributed by atoms with Crippen LogP contribution in [0.2, 0.25) is 19.6 Å². The lowest BCUT2D eigenvalue weighted by molar-refractivity contribution is -0.297. The summed E-state index contributed by atoms with van der Waals surface area (Å²) in [6.07, 6.45) is 1.06. The highest BCUT2D eigenvalue weighted by molar-refractivity contribution is 6.84. The largest absolute Gasteiger partial charge is 0.545 e. The van der Waals surface area contributed by atoms with Crippen LogP contribution in [0.25, 0.3) is 5.57 Å². The van der Waals surface area contributed by atoms with Crippen LogP contribution in [0.1, 0.15) is 5.56 Å². The van der Waals surface area contributed by atoms with Gasteiger partial charge in [-0.2, -0.15) is 0 Å². The molecule has 0 atom stereocenters. The van der Waals surface area contributed by atoms with Gasteiger partial charge in [-0.3, -0.25) is 0 Å². The van der Waals surface area contributed by atoms with Gasteiger partial charge in [0.05, 0.1) is 5.97 Å². The standard InChI is InChI=1S/C14H16O2Si/c1-17(2,3)10-9-13(11-14(15)16)12-7-5-4-6-8-12/h4-8,11H,1-3H3,(H,15,16)/p-1/b13-11-. The number of carbonyl (C=O) groups excluding carboxylic acids is 1. The van der Waals surface area contributed by atoms with Gasteiger partial charge in [-0.1, -0.05) is 55.9 Å². The predicted octanol–water partition coefficient (Wildman–Crippen LogP) is 1.70. The summed E-state index contributed by atoms with van der Waals surface area (Å²) in [5, 5.41) is 10.7. The van der Waals surface area contributed by atoms with E-state index in [1.54, 1.807) is 0 Å². The van der Waals surface area contributed by atoms with Crippen LogP contribution in [0.4, 0.5) is 0 Å². The number of hydrogen-bond acceptors (Lipinski definition) is 2. The van der Waals surface area contributed by atoms with Crippen molar-refractivity contribution in [2.45, 2.75) is 19.6 Å². The molecule has 0 unspecified atom stereocenters. The molecule has 0 bridgehead atoms. The SMILES string of the molecule is C[Si](C)(C)C#C/C(=C/C(=O)[O-])c1ccccc1. The zero-order chi connectivity index (χ0) is 12.9. The minimum absolute atomic E-state index is 0.507. The lowest BCUT2D eigenvalue weighted by atomic mass is 10.1. The van der Waals surface area contributed by atoms with E-state index in [1.165, 1.54) is 0 Å². The molecule has 3 heteroatoms. The lowest BCUT2D eigenvalue weighted by Crippen LogP contribution is -2.19. The second-order valence-corrected chi connectivity index (χ2v) is 9.49. The molecule has 1 rings (SSSR count). The van der Waals surface area contributed by atoms with Crippen LogP contribution in [0, 0.1) is 11.5 Å². The third-order valence-corrected chi connectivity index (χ3v) is 2.79. The summed E-state index contributed by atoms with van der Waals surface area (Å²) < 4.78 is 0. The Morgan fingerprint density at radius 2 is 1.82 bits per heavy atom. The number of aliphatic carboxylic acids is 1. The summed E-state index contributed by atoms with van der Waals surface area (Å²) in [7, 11) is -1.52. The molecule has 0 spiro atoms. The van der Waals surface area contributed by atoms with E-state index in [9.17, 15) is 9.90 Å². The van der Waals surface area contributed by atoms with E-state index in [4.69, 9.17) is 0 Å². The van der Waals surface area contributed by atoms with Gasteiger partial charge in [0.1, 0.15) is 8.07 Å². The molecule has 2 nitrogen and oxygen atoms in total. The average molecular weight is 243 g/mol. The van der Waals surface area contributed by atoms with E-state index < -0.39 is 14.0 Å². The van der Waals surface area contributed by atoms with Gasteiger partial charge in [0, 0.05) is 5.57 Å². The molecule has 0 fully saturated rings. The topological polar surface area (TPSA) is 40.1 Å². The van der Waals surface area contributed by atoms with Crippen LogP contribution < -0.4 is 5.11 Å². The van der Waals surface area contributed by atoms with Crippen molar-refractivity contribution in [1.82, 2.24) is 0 Å². The molecule has 0 aliphatic rings. The highest BCUT2D eigenvalue weighted by Gasteiger charge is 2.08. The summed E-state index contributed by atoms with van der Waals surface area (Å²) in [5.41, 5.74) is 4.47. The van der Waals surface area contributed by atoms with Crippen molar-refractivity contribution in [2.24, 2.45) is 0 Å². The van der Waals surface area contributed by atoms with E-state index in [1.807, 2.05) is 30.3 Å². The van der Waals surface area contributed by atoms with E-state index in [-0.39, 0.29) is 0 Å². The Labute approximate surface area is 103 Å². The molecular formula is C14H15O2Si-. The Hall–Kier alpha value is -1.79. The van der Waals surface area contributed by atoms with Crippen LogP contribution in [0.3, 0.4) is 0 Å². The smallest absolute Gasteiger partial charge is 0.129 e. The molecule has 0 heterocycles. The highest BCUT2D eigenvalue weighted by atomic mass is 28.3. The van der Waals surface area contributed by atoms with Gasteiger partial charge in [-0.25, -0.2) is 0 Å². The Morgan fingerprint density at radius 3 is 2.29 bits per heavy atom. The maximum atomic E-state index is 10.7. The van der Waals surface area contributed by atoms with E-state index in [0.717, 1.165) is 11.6 Å². The summed E-state index contributed by atoms with van der Waals surface area (Å²) in [6, 6.07) is 9.27. The average Bonchev–Trinajstić information content (AvgIpc) is 2.24. The first-order chi connectivity index (χ1) is 7.88. The van der Waals surface area contributed by atoms with Crippen molar-refractivity contribution in [3.8, 4) is 11.5 Å². The number of carboxylic acid groups (broad SMARTS) is 1. The molecule has 0 aromatic heterocycles. The fraction of sp³-hybridized carbons (Fsp3) is 0.214. The predicted molar refractivity (Wildman–Crippen MR) is 70.5 cm³/mol. The summed E-state index contributed by atoms with van der Waals surface area (Å²) in [6.45, 7) is 6.34. The van der Waals surface area contributed by atoms with Gasteiger partial charge >= 0.3 is 0 Å². The van der Waals surface area contributed by atoms with Gasteiger partial charge in [0.15, 0.2) is 0 Å². The minimum atomic E-state index is -1.52. The normalized spacial score (nSPS) is 11.6. The maximum absolute atomic E-state index is 10.7. The van der Waals surface area contributed by atoms with Crippen molar-refractivity contribution >= 4 is 19.6 Å². The van der Waals surface area contributed by atoms with Crippen molar-refractivity contribution in [2.75, 3.05) is 0 Å². The number of benzene rings is 1. The molecule has 0 aliphatic carbocycles. The minimum Gasteiger partial charge on any atom is -0.545 e. The maximum Gasteiger partial charge on any atom is 0.129 e. The van der Waals surface area contributed by atoms with Crippen LogP contribution >= 0.6 is 0 Å². The number of carboxylic acids is 1. The third kappa shape index (κ3) is 5.18. The van der Waals surface area contributed by atoms with Crippen molar-refractivity contribution in [1.29, 1.82) is 0 Å². The fourth-order valence-corrected chi connectivity index (χ4v) is 1.69. The summed E-state index contributed by atoms with van der Waals surface area (Å²) in [5.74, 6) is 1.75. The Bertz CT molecular complexity index is 484. The summed E-state index contributed by atoms with van der Waals surface area (Å²) >= 11 is 0. The van der Waals surface area contributed by atoms with Crippen molar-refractivity contribution in [3.63, 3.8) is 0 Å². The zero-order valence-electron chi connectivity index (χ0n) is 10.3. The molecule has 0 aliphatic heterocycles. The molecule has 88 valence electrons.